The van der Waals surface area contributed by atoms with Crippen molar-refractivity contribution >= 4 is 32.8 Å². The molecule has 0 saturated carbocycles. The number of anilines is 1. The maximum absolute atomic E-state index is 5.38. The number of fused-ring (bicyclic) bond motifs is 1. The molecule has 4 rings (SSSR count). The number of ether oxygens (including phenoxy) is 1. The fourth-order valence-corrected chi connectivity index (χ4v) is 3.87. The Hall–Kier alpha value is -1.85. The van der Waals surface area contributed by atoms with E-state index < -0.39 is 0 Å². The van der Waals surface area contributed by atoms with E-state index >= 15 is 0 Å². The van der Waals surface area contributed by atoms with Gasteiger partial charge in [-0.2, -0.15) is 0 Å². The smallest absolute Gasteiger partial charge is 0.124 e. The van der Waals surface area contributed by atoms with Gasteiger partial charge in [-0.3, -0.25) is 0 Å². The lowest BCUT2D eigenvalue weighted by molar-refractivity contribution is 0.293. The molecular formula is C16H17N3OS. The van der Waals surface area contributed by atoms with Crippen molar-refractivity contribution in [2.45, 2.75) is 0 Å². The van der Waals surface area contributed by atoms with Gasteiger partial charge in [0.15, 0.2) is 0 Å². The molecular weight excluding hydrogens is 282 g/mol. The van der Waals surface area contributed by atoms with Crippen molar-refractivity contribution in [3.8, 4) is 0 Å². The van der Waals surface area contributed by atoms with E-state index in [9.17, 15) is 0 Å². The van der Waals surface area contributed by atoms with E-state index in [2.05, 4.69) is 34.5 Å². The van der Waals surface area contributed by atoms with Crippen LogP contribution in [0.1, 0.15) is 5.01 Å². The molecule has 0 unspecified atom stereocenters. The lowest BCUT2D eigenvalue weighted by atomic mass is 10.2. The zero-order valence-electron chi connectivity index (χ0n) is 11.7. The van der Waals surface area contributed by atoms with Gasteiger partial charge in [-0.15, -0.1) is 11.3 Å². The average molecular weight is 299 g/mol. The lowest BCUT2D eigenvalue weighted by Crippen LogP contribution is -2.43. The van der Waals surface area contributed by atoms with Gasteiger partial charge in [0.25, 0.3) is 0 Å². The molecule has 1 fully saturated rings. The number of thiazole rings is 1. The van der Waals surface area contributed by atoms with Gasteiger partial charge >= 0.3 is 0 Å². The second-order valence-corrected chi connectivity index (χ2v) is 6.21. The van der Waals surface area contributed by atoms with Crippen LogP contribution in [0.25, 0.3) is 15.8 Å². The zero-order valence-corrected chi connectivity index (χ0v) is 12.5. The third-order valence-corrected chi connectivity index (χ3v) is 5.01. The fourth-order valence-electron chi connectivity index (χ4n) is 2.76. The van der Waals surface area contributed by atoms with Crippen molar-refractivity contribution < 1.29 is 4.74 Å². The van der Waals surface area contributed by atoms with E-state index in [-0.39, 0.29) is 0 Å². The van der Waals surface area contributed by atoms with Gasteiger partial charge in [0, 0.05) is 31.8 Å². The second kappa shape index (κ2) is 5.50. The first-order valence-electron chi connectivity index (χ1n) is 7.25. The molecule has 2 aliphatic rings. The van der Waals surface area contributed by atoms with Gasteiger partial charge in [0.1, 0.15) is 11.6 Å². The molecule has 3 heterocycles. The van der Waals surface area contributed by atoms with Crippen molar-refractivity contribution in [1.29, 1.82) is 0 Å². The normalized spacial score (nSPS) is 18.7. The minimum atomic E-state index is 0.610. The largest absolute Gasteiger partial charge is 0.496 e. The summed E-state index contributed by atoms with van der Waals surface area (Å²) in [5, 5.41) is 4.47. The van der Waals surface area contributed by atoms with Crippen molar-refractivity contribution in [2.24, 2.45) is 0 Å². The van der Waals surface area contributed by atoms with Crippen molar-refractivity contribution in [2.75, 3.05) is 37.7 Å². The highest BCUT2D eigenvalue weighted by molar-refractivity contribution is 7.20. The van der Waals surface area contributed by atoms with Crippen LogP contribution in [0.4, 0.5) is 5.69 Å². The third kappa shape index (κ3) is 2.43. The molecule has 0 spiro atoms. The topological polar surface area (TPSA) is 37.4 Å². The molecule has 1 aromatic carbocycles. The Bertz CT molecular complexity index is 713. The Morgan fingerprint density at radius 2 is 2.14 bits per heavy atom. The maximum Gasteiger partial charge on any atom is 0.124 e. The van der Waals surface area contributed by atoms with Crippen LogP contribution in [0.3, 0.4) is 0 Å². The highest BCUT2D eigenvalue weighted by atomic mass is 32.1. The first-order valence-corrected chi connectivity index (χ1v) is 8.06. The Morgan fingerprint density at radius 3 is 2.95 bits per heavy atom. The third-order valence-electron chi connectivity index (χ3n) is 3.84. The average Bonchev–Trinajstić information content (AvgIpc) is 3.00. The highest BCUT2D eigenvalue weighted by Gasteiger charge is 2.17. The van der Waals surface area contributed by atoms with E-state index in [1.54, 1.807) is 17.6 Å². The molecule has 2 aliphatic heterocycles. The van der Waals surface area contributed by atoms with Crippen LogP contribution in [-0.4, -0.2) is 37.8 Å². The van der Waals surface area contributed by atoms with Crippen molar-refractivity contribution in [1.82, 2.24) is 10.3 Å². The summed E-state index contributed by atoms with van der Waals surface area (Å²) >= 11 is 1.77. The maximum atomic E-state index is 5.38. The predicted octanol–water partition coefficient (Wildman–Crippen LogP) is 2.63. The molecule has 1 aromatic heterocycles. The van der Waals surface area contributed by atoms with Gasteiger partial charge in [-0.25, -0.2) is 4.98 Å². The standard InChI is InChI=1S/C16H17N3OS/c1-4-13-15(14(5-1)19-8-6-17-7-9-19)21-16(18-13)12-3-2-10-20-11-12/h1-5,10,17H,6-9,11H2. The fraction of sp³-hybridized carbons (Fsp3) is 0.312. The summed E-state index contributed by atoms with van der Waals surface area (Å²) in [6.07, 6.45) is 5.75. The molecule has 0 bridgehead atoms. The van der Waals surface area contributed by atoms with Gasteiger partial charge in [0.2, 0.25) is 0 Å². The Morgan fingerprint density at radius 1 is 1.24 bits per heavy atom. The first kappa shape index (κ1) is 12.9. The molecule has 2 aromatic rings. The number of piperazine rings is 1. The van der Waals surface area contributed by atoms with Gasteiger partial charge in [0.05, 0.1) is 22.2 Å². The van der Waals surface area contributed by atoms with Crippen LogP contribution in [0.2, 0.25) is 0 Å². The lowest BCUT2D eigenvalue weighted by Gasteiger charge is -2.29. The summed E-state index contributed by atoms with van der Waals surface area (Å²) in [4.78, 5) is 7.24. The van der Waals surface area contributed by atoms with Crippen LogP contribution in [-0.2, 0) is 4.74 Å². The van der Waals surface area contributed by atoms with E-state index in [1.165, 1.54) is 10.4 Å². The molecule has 21 heavy (non-hydrogen) atoms. The SMILES string of the molecule is C1=COCC(c2nc3cccc(N4CCNCC4)c3s2)=C1. The van der Waals surface area contributed by atoms with Gasteiger partial charge in [-0.05, 0) is 24.3 Å². The number of benzene rings is 1. The molecule has 1 N–H and O–H groups in total. The van der Waals surface area contributed by atoms with Crippen LogP contribution in [0.5, 0.6) is 0 Å². The van der Waals surface area contributed by atoms with E-state index in [1.807, 2.05) is 6.08 Å². The number of nitrogens with zero attached hydrogens (tertiary/aromatic N) is 2. The van der Waals surface area contributed by atoms with Crippen LogP contribution in [0, 0.1) is 0 Å². The molecule has 0 radical (unpaired) electrons. The second-order valence-electron chi connectivity index (χ2n) is 5.21. The Labute approximate surface area is 127 Å². The molecule has 108 valence electrons. The quantitative estimate of drug-likeness (QED) is 0.925. The highest BCUT2D eigenvalue weighted by Crippen LogP contribution is 2.35. The molecule has 0 atom stereocenters. The number of rotatable bonds is 2. The summed E-state index contributed by atoms with van der Waals surface area (Å²) in [7, 11) is 0. The summed E-state index contributed by atoms with van der Waals surface area (Å²) < 4.78 is 6.66. The van der Waals surface area contributed by atoms with Gasteiger partial charge < -0.3 is 15.0 Å². The van der Waals surface area contributed by atoms with Crippen molar-refractivity contribution in [3.63, 3.8) is 0 Å². The number of nitrogens with one attached hydrogen (secondary N) is 1. The molecule has 0 amide bonds. The van der Waals surface area contributed by atoms with Crippen molar-refractivity contribution in [3.05, 3.63) is 41.6 Å². The van der Waals surface area contributed by atoms with E-state index in [4.69, 9.17) is 9.72 Å². The molecule has 5 heteroatoms. The number of aromatic nitrogens is 1. The van der Waals surface area contributed by atoms with Crippen LogP contribution in [0.15, 0.2) is 36.6 Å². The zero-order chi connectivity index (χ0) is 14.1. The van der Waals surface area contributed by atoms with Gasteiger partial charge in [-0.1, -0.05) is 6.07 Å². The Kier molecular flexibility index (Phi) is 3.37. The minimum absolute atomic E-state index is 0.610. The number of allylic oxidation sites excluding steroid dienone is 2. The summed E-state index contributed by atoms with van der Waals surface area (Å²) in [5.41, 5.74) is 3.55. The summed E-state index contributed by atoms with van der Waals surface area (Å²) in [5.74, 6) is 0. The minimum Gasteiger partial charge on any atom is -0.496 e. The summed E-state index contributed by atoms with van der Waals surface area (Å²) in [6, 6.07) is 6.41. The predicted molar refractivity (Wildman–Crippen MR) is 87.8 cm³/mol. The van der Waals surface area contributed by atoms with Crippen LogP contribution >= 0.6 is 11.3 Å². The summed E-state index contributed by atoms with van der Waals surface area (Å²) in [6.45, 7) is 4.82. The molecule has 4 nitrogen and oxygen atoms in total. The first-order chi connectivity index (χ1) is 10.4. The van der Waals surface area contributed by atoms with Crippen LogP contribution < -0.4 is 10.2 Å². The van der Waals surface area contributed by atoms with E-state index in [0.717, 1.165) is 42.3 Å². The monoisotopic (exact) mass is 299 g/mol. The van der Waals surface area contributed by atoms with E-state index in [0.29, 0.717) is 6.61 Å². The Balaban J connectivity index is 1.76. The molecule has 1 saturated heterocycles. The number of hydrogen-bond acceptors (Lipinski definition) is 5. The molecule has 0 aliphatic carbocycles. The number of hydrogen-bond donors (Lipinski definition) is 1.